The molecule has 1 unspecified atom stereocenters. The first-order valence-electron chi connectivity index (χ1n) is 8.20. The molecule has 0 radical (unpaired) electrons. The topological polar surface area (TPSA) is 68.5 Å². The summed E-state index contributed by atoms with van der Waals surface area (Å²) in [6.07, 6.45) is -1.80. The first kappa shape index (κ1) is 18.4. The lowest BCUT2D eigenvalue weighted by molar-refractivity contribution is -0.148. The highest BCUT2D eigenvalue weighted by Crippen LogP contribution is 2.30. The van der Waals surface area contributed by atoms with Crippen molar-refractivity contribution >= 4 is 5.97 Å². The second-order valence-corrected chi connectivity index (χ2v) is 6.09. The first-order chi connectivity index (χ1) is 12.4. The SMILES string of the molecule is COC(=O)C1CCCCN1Cc1nc(-c2ccc(C(F)(F)F)cc2)no1. The van der Waals surface area contributed by atoms with E-state index in [-0.39, 0.29) is 24.4 Å². The van der Waals surface area contributed by atoms with Gasteiger partial charge in [-0.3, -0.25) is 9.69 Å². The van der Waals surface area contributed by atoms with Crippen molar-refractivity contribution in [3.63, 3.8) is 0 Å². The van der Waals surface area contributed by atoms with E-state index in [9.17, 15) is 18.0 Å². The number of aromatic nitrogens is 2. The number of piperidine rings is 1. The van der Waals surface area contributed by atoms with Crippen LogP contribution in [0.5, 0.6) is 0 Å². The molecule has 140 valence electrons. The van der Waals surface area contributed by atoms with Gasteiger partial charge in [-0.15, -0.1) is 0 Å². The summed E-state index contributed by atoms with van der Waals surface area (Å²) in [7, 11) is 1.35. The fourth-order valence-corrected chi connectivity index (χ4v) is 3.00. The zero-order valence-electron chi connectivity index (χ0n) is 14.1. The van der Waals surface area contributed by atoms with Crippen LogP contribution in [0.1, 0.15) is 30.7 Å². The second kappa shape index (κ2) is 7.45. The van der Waals surface area contributed by atoms with Crippen LogP contribution in [0.3, 0.4) is 0 Å². The van der Waals surface area contributed by atoms with E-state index < -0.39 is 11.7 Å². The number of nitrogens with zero attached hydrogens (tertiary/aromatic N) is 3. The molecule has 1 aromatic carbocycles. The van der Waals surface area contributed by atoms with Gasteiger partial charge in [-0.2, -0.15) is 18.2 Å². The van der Waals surface area contributed by atoms with Crippen molar-refractivity contribution in [3.8, 4) is 11.4 Å². The molecule has 26 heavy (non-hydrogen) atoms. The van der Waals surface area contributed by atoms with Crippen molar-refractivity contribution in [1.82, 2.24) is 15.0 Å². The number of carbonyl (C=O) groups is 1. The minimum absolute atomic E-state index is 0.209. The van der Waals surface area contributed by atoms with E-state index in [2.05, 4.69) is 10.1 Å². The average molecular weight is 369 g/mol. The van der Waals surface area contributed by atoms with Crippen molar-refractivity contribution in [2.75, 3.05) is 13.7 Å². The largest absolute Gasteiger partial charge is 0.468 e. The molecule has 0 bridgehead atoms. The quantitative estimate of drug-likeness (QED) is 0.771. The highest BCUT2D eigenvalue weighted by Gasteiger charge is 2.31. The summed E-state index contributed by atoms with van der Waals surface area (Å²) in [5.41, 5.74) is -0.310. The third-order valence-corrected chi connectivity index (χ3v) is 4.36. The Morgan fingerprint density at radius 2 is 2.04 bits per heavy atom. The molecule has 9 heteroatoms. The Morgan fingerprint density at radius 3 is 2.69 bits per heavy atom. The predicted octanol–water partition coefficient (Wildman–Crippen LogP) is 3.28. The van der Waals surface area contributed by atoms with Crippen LogP contribution in [0.15, 0.2) is 28.8 Å². The molecule has 0 N–H and O–H groups in total. The number of rotatable bonds is 4. The van der Waals surface area contributed by atoms with E-state index >= 15 is 0 Å². The molecule has 6 nitrogen and oxygen atoms in total. The van der Waals surface area contributed by atoms with Crippen LogP contribution < -0.4 is 0 Å². The van der Waals surface area contributed by atoms with Crippen LogP contribution >= 0.6 is 0 Å². The van der Waals surface area contributed by atoms with E-state index in [4.69, 9.17) is 9.26 Å². The van der Waals surface area contributed by atoms with Crippen LogP contribution in [0.4, 0.5) is 13.2 Å². The Labute approximate surface area is 147 Å². The highest BCUT2D eigenvalue weighted by atomic mass is 19.4. The second-order valence-electron chi connectivity index (χ2n) is 6.09. The third-order valence-electron chi connectivity index (χ3n) is 4.36. The molecular formula is C17H18F3N3O3. The number of esters is 1. The van der Waals surface area contributed by atoms with Crippen molar-refractivity contribution in [1.29, 1.82) is 0 Å². The molecule has 0 saturated carbocycles. The van der Waals surface area contributed by atoms with Gasteiger partial charge in [0.1, 0.15) is 6.04 Å². The van der Waals surface area contributed by atoms with Gasteiger partial charge < -0.3 is 9.26 Å². The van der Waals surface area contributed by atoms with E-state index in [0.29, 0.717) is 24.4 Å². The minimum atomic E-state index is -4.39. The lowest BCUT2D eigenvalue weighted by Crippen LogP contribution is -2.44. The van der Waals surface area contributed by atoms with Crippen LogP contribution in [-0.4, -0.2) is 40.7 Å². The van der Waals surface area contributed by atoms with Gasteiger partial charge in [0.2, 0.25) is 11.7 Å². The van der Waals surface area contributed by atoms with Gasteiger partial charge >= 0.3 is 12.1 Å². The zero-order chi connectivity index (χ0) is 18.7. The Morgan fingerprint density at radius 1 is 1.31 bits per heavy atom. The van der Waals surface area contributed by atoms with Gasteiger partial charge in [-0.25, -0.2) is 0 Å². The lowest BCUT2D eigenvalue weighted by atomic mass is 10.0. The summed E-state index contributed by atoms with van der Waals surface area (Å²) in [6.45, 7) is 0.991. The van der Waals surface area contributed by atoms with E-state index in [1.54, 1.807) is 0 Å². The maximum absolute atomic E-state index is 12.6. The third kappa shape index (κ3) is 4.04. The molecule has 0 aliphatic carbocycles. The van der Waals surface area contributed by atoms with Gasteiger partial charge in [0.05, 0.1) is 19.2 Å². The van der Waals surface area contributed by atoms with Crippen LogP contribution in [-0.2, 0) is 22.3 Å². The maximum Gasteiger partial charge on any atom is 0.416 e. The maximum atomic E-state index is 12.6. The van der Waals surface area contributed by atoms with Crippen LogP contribution in [0, 0.1) is 0 Å². The van der Waals surface area contributed by atoms with E-state index in [1.807, 2.05) is 4.90 Å². The van der Waals surface area contributed by atoms with Gasteiger partial charge in [0.25, 0.3) is 0 Å². The molecule has 1 aromatic heterocycles. The lowest BCUT2D eigenvalue weighted by Gasteiger charge is -2.32. The molecule has 0 amide bonds. The van der Waals surface area contributed by atoms with Crippen LogP contribution in [0.25, 0.3) is 11.4 Å². The number of likely N-dealkylation sites (tertiary alicyclic amines) is 1. The summed E-state index contributed by atoms with van der Waals surface area (Å²) in [5, 5.41) is 3.82. The molecule has 2 aromatic rings. The normalized spacial score (nSPS) is 18.7. The van der Waals surface area contributed by atoms with E-state index in [1.165, 1.54) is 19.2 Å². The molecular weight excluding hydrogens is 351 g/mol. The molecule has 1 aliphatic rings. The number of hydrogen-bond acceptors (Lipinski definition) is 6. The van der Waals surface area contributed by atoms with Crippen molar-refractivity contribution in [3.05, 3.63) is 35.7 Å². The molecule has 2 heterocycles. The average Bonchev–Trinajstić information content (AvgIpc) is 3.09. The van der Waals surface area contributed by atoms with Crippen molar-refractivity contribution < 1.29 is 27.2 Å². The molecule has 3 rings (SSSR count). The Kier molecular flexibility index (Phi) is 5.26. The highest BCUT2D eigenvalue weighted by molar-refractivity contribution is 5.75. The summed E-state index contributed by atoms with van der Waals surface area (Å²) in [4.78, 5) is 18.0. The number of benzene rings is 1. The molecule has 1 aliphatic heterocycles. The number of hydrogen-bond donors (Lipinski definition) is 0. The van der Waals surface area contributed by atoms with Crippen molar-refractivity contribution in [2.24, 2.45) is 0 Å². The molecule has 0 spiro atoms. The number of methoxy groups -OCH3 is 1. The van der Waals surface area contributed by atoms with Crippen molar-refractivity contribution in [2.45, 2.75) is 38.0 Å². The number of carbonyl (C=O) groups excluding carboxylic acids is 1. The Balaban J connectivity index is 1.72. The molecule has 1 saturated heterocycles. The van der Waals surface area contributed by atoms with Crippen LogP contribution in [0.2, 0.25) is 0 Å². The van der Waals surface area contributed by atoms with Gasteiger partial charge in [0, 0.05) is 5.56 Å². The fourth-order valence-electron chi connectivity index (χ4n) is 3.00. The standard InChI is InChI=1S/C17H18F3N3O3/c1-25-16(24)13-4-2-3-9-23(13)10-14-21-15(22-26-14)11-5-7-12(8-6-11)17(18,19)20/h5-8,13H,2-4,9-10H2,1H3. The number of ether oxygens (including phenoxy) is 1. The van der Waals surface area contributed by atoms with Gasteiger partial charge in [-0.05, 0) is 31.5 Å². The fraction of sp³-hybridized carbons (Fsp3) is 0.471. The molecule has 1 fully saturated rings. The predicted molar refractivity (Wildman–Crippen MR) is 84.8 cm³/mol. The summed E-state index contributed by atoms with van der Waals surface area (Å²) in [6, 6.07) is 4.20. The summed E-state index contributed by atoms with van der Waals surface area (Å²) < 4.78 is 47.9. The monoisotopic (exact) mass is 369 g/mol. The van der Waals surface area contributed by atoms with E-state index in [0.717, 1.165) is 25.0 Å². The summed E-state index contributed by atoms with van der Waals surface area (Å²) in [5.74, 6) is 0.211. The smallest absolute Gasteiger partial charge is 0.416 e. The zero-order valence-corrected chi connectivity index (χ0v) is 14.1. The minimum Gasteiger partial charge on any atom is -0.468 e. The van der Waals surface area contributed by atoms with Gasteiger partial charge in [-0.1, -0.05) is 23.7 Å². The summed E-state index contributed by atoms with van der Waals surface area (Å²) >= 11 is 0. The Bertz CT molecular complexity index is 759. The number of halogens is 3. The molecule has 1 atom stereocenters. The first-order valence-corrected chi connectivity index (χ1v) is 8.20. The Hall–Kier alpha value is -2.42. The number of alkyl halides is 3. The van der Waals surface area contributed by atoms with Gasteiger partial charge in [0.15, 0.2) is 0 Å².